The summed E-state index contributed by atoms with van der Waals surface area (Å²) in [4.78, 5) is 2.19. The van der Waals surface area contributed by atoms with Crippen LogP contribution in [0.4, 0.5) is 13.2 Å². The molecule has 4 nitrogen and oxygen atoms in total. The van der Waals surface area contributed by atoms with Crippen LogP contribution in [-0.2, 0) is 16.2 Å². The summed E-state index contributed by atoms with van der Waals surface area (Å²) in [6.45, 7) is 4.31. The molecule has 1 aliphatic rings. The maximum absolute atomic E-state index is 12.8. The zero-order valence-corrected chi connectivity index (χ0v) is 19.4. The van der Waals surface area contributed by atoms with Crippen LogP contribution in [0, 0.1) is 17.8 Å². The Labute approximate surface area is 184 Å². The number of sulfonamides is 1. The minimum absolute atomic E-state index is 0.113. The molecular formula is C23H33F3N2O2S. The fraction of sp³-hybridized carbons (Fsp3) is 0.652. The highest BCUT2D eigenvalue weighted by molar-refractivity contribution is 7.89. The summed E-state index contributed by atoms with van der Waals surface area (Å²) in [6.07, 6.45) is 1.65. The Hall–Kier alpha value is -1.56. The highest BCUT2D eigenvalue weighted by Crippen LogP contribution is 2.32. The molecule has 31 heavy (non-hydrogen) atoms. The highest BCUT2D eigenvalue weighted by atomic mass is 32.2. The molecule has 0 spiro atoms. The summed E-state index contributed by atoms with van der Waals surface area (Å²) in [5, 5.41) is 0. The molecule has 0 heterocycles. The number of hydrogen-bond donors (Lipinski definition) is 0. The number of benzene rings is 1. The van der Waals surface area contributed by atoms with Crippen LogP contribution in [0.15, 0.2) is 29.2 Å². The van der Waals surface area contributed by atoms with Gasteiger partial charge in [-0.25, -0.2) is 8.42 Å². The van der Waals surface area contributed by atoms with Crippen molar-refractivity contribution >= 4 is 10.0 Å². The van der Waals surface area contributed by atoms with E-state index in [0.29, 0.717) is 12.8 Å². The SMILES string of the molecule is CCCN(C)CCCC#CC1CCC(N(C)S(=O)(=O)c2ccc(C(F)(F)F)cc2)CC1. The van der Waals surface area contributed by atoms with E-state index in [-0.39, 0.29) is 16.9 Å². The van der Waals surface area contributed by atoms with Crippen molar-refractivity contribution in [2.24, 2.45) is 5.92 Å². The molecule has 0 N–H and O–H groups in total. The Morgan fingerprint density at radius 2 is 1.65 bits per heavy atom. The van der Waals surface area contributed by atoms with Gasteiger partial charge in [0.25, 0.3) is 0 Å². The van der Waals surface area contributed by atoms with E-state index in [0.717, 1.165) is 69.5 Å². The molecular weight excluding hydrogens is 425 g/mol. The predicted molar refractivity (Wildman–Crippen MR) is 117 cm³/mol. The van der Waals surface area contributed by atoms with E-state index in [4.69, 9.17) is 0 Å². The lowest BCUT2D eigenvalue weighted by Crippen LogP contribution is -2.39. The lowest BCUT2D eigenvalue weighted by Gasteiger charge is -2.32. The second kappa shape index (κ2) is 11.3. The van der Waals surface area contributed by atoms with E-state index in [9.17, 15) is 21.6 Å². The summed E-state index contributed by atoms with van der Waals surface area (Å²) in [5.74, 6) is 6.89. The van der Waals surface area contributed by atoms with Crippen molar-refractivity contribution in [2.75, 3.05) is 27.2 Å². The maximum atomic E-state index is 12.8. The smallest absolute Gasteiger partial charge is 0.306 e. The van der Waals surface area contributed by atoms with E-state index < -0.39 is 21.8 Å². The van der Waals surface area contributed by atoms with Crippen molar-refractivity contribution in [1.82, 2.24) is 9.21 Å². The first-order chi connectivity index (χ1) is 14.6. The molecule has 174 valence electrons. The number of nitrogens with zero attached hydrogens (tertiary/aromatic N) is 2. The molecule has 0 saturated heterocycles. The second-order valence-electron chi connectivity index (χ2n) is 8.28. The van der Waals surface area contributed by atoms with Crippen molar-refractivity contribution in [1.29, 1.82) is 0 Å². The summed E-state index contributed by atoms with van der Waals surface area (Å²) in [6, 6.07) is 3.53. The maximum Gasteiger partial charge on any atom is 0.416 e. The summed E-state index contributed by atoms with van der Waals surface area (Å²) >= 11 is 0. The Bertz CT molecular complexity index is 850. The molecule has 1 fully saturated rings. The zero-order chi connectivity index (χ0) is 23.1. The monoisotopic (exact) mass is 458 g/mol. The van der Waals surface area contributed by atoms with Crippen LogP contribution < -0.4 is 0 Å². The van der Waals surface area contributed by atoms with Crippen molar-refractivity contribution in [2.45, 2.75) is 69.0 Å². The van der Waals surface area contributed by atoms with Crippen LogP contribution in [0.5, 0.6) is 0 Å². The van der Waals surface area contributed by atoms with Crippen LogP contribution in [0.3, 0.4) is 0 Å². The van der Waals surface area contributed by atoms with Crippen LogP contribution in [0.1, 0.15) is 57.4 Å². The third-order valence-corrected chi connectivity index (χ3v) is 7.75. The van der Waals surface area contributed by atoms with Gasteiger partial charge in [0.1, 0.15) is 0 Å². The second-order valence-corrected chi connectivity index (χ2v) is 10.3. The first kappa shape index (κ1) is 25.7. The van der Waals surface area contributed by atoms with Gasteiger partial charge in [0.05, 0.1) is 10.5 Å². The van der Waals surface area contributed by atoms with Crippen molar-refractivity contribution in [3.8, 4) is 11.8 Å². The zero-order valence-electron chi connectivity index (χ0n) is 18.6. The minimum Gasteiger partial charge on any atom is -0.306 e. The molecule has 0 atom stereocenters. The summed E-state index contributed by atoms with van der Waals surface area (Å²) in [5.41, 5.74) is -0.856. The molecule has 0 radical (unpaired) electrons. The average molecular weight is 459 g/mol. The molecule has 0 unspecified atom stereocenters. The fourth-order valence-corrected chi connectivity index (χ4v) is 5.33. The number of halogens is 3. The van der Waals surface area contributed by atoms with E-state index in [2.05, 4.69) is 30.7 Å². The van der Waals surface area contributed by atoms with Crippen LogP contribution in [0.2, 0.25) is 0 Å². The summed E-state index contributed by atoms with van der Waals surface area (Å²) < 4.78 is 65.2. The van der Waals surface area contributed by atoms with Gasteiger partial charge in [-0.1, -0.05) is 12.8 Å². The summed E-state index contributed by atoms with van der Waals surface area (Å²) in [7, 11) is -0.201. The largest absolute Gasteiger partial charge is 0.416 e. The third kappa shape index (κ3) is 7.51. The van der Waals surface area contributed by atoms with Gasteiger partial charge in [-0.2, -0.15) is 17.5 Å². The average Bonchev–Trinajstić information content (AvgIpc) is 2.73. The molecule has 1 saturated carbocycles. The molecule has 1 aromatic rings. The molecule has 0 aliphatic heterocycles. The lowest BCUT2D eigenvalue weighted by molar-refractivity contribution is -0.137. The molecule has 1 aliphatic carbocycles. The van der Waals surface area contributed by atoms with E-state index in [1.54, 1.807) is 0 Å². The quantitative estimate of drug-likeness (QED) is 0.406. The number of rotatable bonds is 8. The first-order valence-corrected chi connectivity index (χ1v) is 12.3. The Kier molecular flexibility index (Phi) is 9.41. The fourth-order valence-electron chi connectivity index (χ4n) is 3.91. The molecule has 0 bridgehead atoms. The molecule has 2 rings (SSSR count). The molecule has 0 amide bonds. The van der Waals surface area contributed by atoms with Gasteiger partial charge in [0, 0.05) is 25.4 Å². The Morgan fingerprint density at radius 1 is 1.03 bits per heavy atom. The normalized spacial score (nSPS) is 20.0. The minimum atomic E-state index is -4.49. The Morgan fingerprint density at radius 3 is 2.19 bits per heavy atom. The van der Waals surface area contributed by atoms with Crippen molar-refractivity contribution in [3.63, 3.8) is 0 Å². The Balaban J connectivity index is 1.86. The van der Waals surface area contributed by atoms with Crippen molar-refractivity contribution in [3.05, 3.63) is 29.8 Å². The highest BCUT2D eigenvalue weighted by Gasteiger charge is 2.33. The van der Waals surface area contributed by atoms with Gasteiger partial charge in [0.15, 0.2) is 0 Å². The third-order valence-electron chi connectivity index (χ3n) is 5.82. The molecule has 0 aromatic heterocycles. The number of alkyl halides is 3. The standard InChI is InChI=1S/C23H33F3N2O2S/c1-4-17-27(2)18-7-5-6-8-19-9-13-21(14-10-19)28(3)31(29,30)22-15-11-20(12-16-22)23(24,25)26/h11-12,15-16,19,21H,4-5,7,9-10,13-14,17-18H2,1-3H3. The number of hydrogen-bond acceptors (Lipinski definition) is 3. The van der Waals surface area contributed by atoms with Crippen molar-refractivity contribution < 1.29 is 21.6 Å². The van der Waals surface area contributed by atoms with Gasteiger partial charge in [-0.15, -0.1) is 5.92 Å². The van der Waals surface area contributed by atoms with Crippen LogP contribution in [0.25, 0.3) is 0 Å². The van der Waals surface area contributed by atoms with E-state index in [1.807, 2.05) is 0 Å². The van der Waals surface area contributed by atoms with Crippen LogP contribution in [-0.4, -0.2) is 50.8 Å². The predicted octanol–water partition coefficient (Wildman–Crippen LogP) is 5.01. The van der Waals surface area contributed by atoms with Gasteiger partial charge < -0.3 is 4.90 Å². The molecule has 1 aromatic carbocycles. The van der Waals surface area contributed by atoms with Crippen LogP contribution >= 0.6 is 0 Å². The number of unbranched alkanes of at least 4 members (excludes halogenated alkanes) is 1. The molecule has 8 heteroatoms. The van der Waals surface area contributed by atoms with E-state index in [1.165, 1.54) is 11.4 Å². The van der Waals surface area contributed by atoms with Gasteiger partial charge in [-0.05, 0) is 82.9 Å². The topological polar surface area (TPSA) is 40.6 Å². The van der Waals surface area contributed by atoms with Gasteiger partial charge in [-0.3, -0.25) is 0 Å². The lowest BCUT2D eigenvalue weighted by atomic mass is 9.86. The van der Waals surface area contributed by atoms with Gasteiger partial charge in [0.2, 0.25) is 10.0 Å². The van der Waals surface area contributed by atoms with Gasteiger partial charge >= 0.3 is 6.18 Å². The van der Waals surface area contributed by atoms with E-state index >= 15 is 0 Å². The first-order valence-electron chi connectivity index (χ1n) is 10.9.